The third-order valence-corrected chi connectivity index (χ3v) is 5.03. The van der Waals surface area contributed by atoms with Gasteiger partial charge in [-0.15, -0.1) is 0 Å². The fourth-order valence-corrected chi connectivity index (χ4v) is 2.89. The van der Waals surface area contributed by atoms with Crippen LogP contribution >= 0.6 is 0 Å². The standard InChI is InChI=1S/C13H25N3O5SSi/c1-6-21-13(17)11-9-16(10-20-7-8-23(3,4)5)14-12(11)15-22(2,18)19/h9H,6-8,10H2,1-5H3,(H,14,15). The first-order valence-electron chi connectivity index (χ1n) is 7.32. The van der Waals surface area contributed by atoms with E-state index < -0.39 is 24.1 Å². The molecule has 0 spiro atoms. The van der Waals surface area contributed by atoms with Crippen LogP contribution in [0.5, 0.6) is 0 Å². The quantitative estimate of drug-likeness (QED) is 0.407. The molecule has 0 aliphatic rings. The molecule has 1 heterocycles. The molecular formula is C13H25N3O5SSi. The second kappa shape index (κ2) is 7.93. The lowest BCUT2D eigenvalue weighted by atomic mass is 10.3. The average Bonchev–Trinajstić information content (AvgIpc) is 2.74. The second-order valence-electron chi connectivity index (χ2n) is 6.37. The fourth-order valence-electron chi connectivity index (χ4n) is 1.63. The predicted molar refractivity (Wildman–Crippen MR) is 90.8 cm³/mol. The Kier molecular flexibility index (Phi) is 6.78. The van der Waals surface area contributed by atoms with Gasteiger partial charge in [0.2, 0.25) is 10.0 Å². The average molecular weight is 364 g/mol. The van der Waals surface area contributed by atoms with E-state index in [1.54, 1.807) is 6.92 Å². The lowest BCUT2D eigenvalue weighted by molar-refractivity contribution is 0.0526. The summed E-state index contributed by atoms with van der Waals surface area (Å²) in [5.41, 5.74) is 0.0612. The molecule has 132 valence electrons. The first-order chi connectivity index (χ1) is 10.5. The van der Waals surface area contributed by atoms with Gasteiger partial charge in [-0.2, -0.15) is 5.10 Å². The number of sulfonamides is 1. The summed E-state index contributed by atoms with van der Waals surface area (Å²) in [6.45, 7) is 9.34. The minimum Gasteiger partial charge on any atom is -0.462 e. The molecule has 0 bridgehead atoms. The van der Waals surface area contributed by atoms with Gasteiger partial charge in [-0.3, -0.25) is 4.72 Å². The van der Waals surface area contributed by atoms with Crippen molar-refractivity contribution in [3.63, 3.8) is 0 Å². The van der Waals surface area contributed by atoms with Gasteiger partial charge in [-0.05, 0) is 13.0 Å². The number of ether oxygens (including phenoxy) is 2. The second-order valence-corrected chi connectivity index (χ2v) is 13.7. The van der Waals surface area contributed by atoms with Crippen LogP contribution in [0.25, 0.3) is 0 Å². The van der Waals surface area contributed by atoms with Crippen LogP contribution in [0.15, 0.2) is 6.20 Å². The highest BCUT2D eigenvalue weighted by Crippen LogP contribution is 2.16. The molecule has 0 aromatic carbocycles. The summed E-state index contributed by atoms with van der Waals surface area (Å²) in [4.78, 5) is 11.9. The lowest BCUT2D eigenvalue weighted by Gasteiger charge is -2.15. The molecular weight excluding hydrogens is 338 g/mol. The van der Waals surface area contributed by atoms with E-state index in [4.69, 9.17) is 9.47 Å². The molecule has 8 nitrogen and oxygen atoms in total. The van der Waals surface area contributed by atoms with E-state index >= 15 is 0 Å². The Labute approximate surface area is 138 Å². The van der Waals surface area contributed by atoms with Gasteiger partial charge < -0.3 is 9.47 Å². The SMILES string of the molecule is CCOC(=O)c1cn(COCC[Si](C)(C)C)nc1NS(C)(=O)=O. The maximum atomic E-state index is 11.9. The Morgan fingerprint density at radius 3 is 2.57 bits per heavy atom. The van der Waals surface area contributed by atoms with E-state index in [1.165, 1.54) is 10.9 Å². The summed E-state index contributed by atoms with van der Waals surface area (Å²) in [6.07, 6.45) is 2.41. The number of nitrogens with one attached hydrogen (secondary N) is 1. The van der Waals surface area contributed by atoms with Crippen LogP contribution in [0.4, 0.5) is 5.82 Å². The lowest BCUT2D eigenvalue weighted by Crippen LogP contribution is -2.22. The third kappa shape index (κ3) is 7.62. The van der Waals surface area contributed by atoms with E-state index in [2.05, 4.69) is 29.5 Å². The molecule has 1 N–H and O–H groups in total. The van der Waals surface area contributed by atoms with Crippen molar-refractivity contribution >= 4 is 29.9 Å². The molecule has 0 radical (unpaired) electrons. The Balaban J connectivity index is 2.81. The van der Waals surface area contributed by atoms with Crippen molar-refractivity contribution in [2.45, 2.75) is 39.3 Å². The zero-order valence-corrected chi connectivity index (χ0v) is 16.1. The molecule has 1 aromatic rings. The maximum absolute atomic E-state index is 11.9. The van der Waals surface area contributed by atoms with Crippen molar-refractivity contribution in [2.75, 3.05) is 24.2 Å². The van der Waals surface area contributed by atoms with Gasteiger partial charge in [-0.25, -0.2) is 17.9 Å². The van der Waals surface area contributed by atoms with E-state index in [9.17, 15) is 13.2 Å². The van der Waals surface area contributed by atoms with Crippen LogP contribution in [-0.2, 0) is 26.2 Å². The summed E-state index contributed by atoms with van der Waals surface area (Å²) in [6, 6.07) is 1.01. The Morgan fingerprint density at radius 2 is 2.04 bits per heavy atom. The molecule has 10 heteroatoms. The largest absolute Gasteiger partial charge is 0.462 e. The van der Waals surface area contributed by atoms with Crippen molar-refractivity contribution in [3.8, 4) is 0 Å². The van der Waals surface area contributed by atoms with Crippen LogP contribution in [0.3, 0.4) is 0 Å². The number of rotatable bonds is 9. The molecule has 0 aliphatic heterocycles. The Bertz CT molecular complexity index is 637. The molecule has 0 saturated carbocycles. The Hall–Kier alpha value is -1.39. The summed E-state index contributed by atoms with van der Waals surface area (Å²) >= 11 is 0. The van der Waals surface area contributed by atoms with E-state index in [0.29, 0.717) is 6.61 Å². The summed E-state index contributed by atoms with van der Waals surface area (Å²) in [5, 5.41) is 4.04. The summed E-state index contributed by atoms with van der Waals surface area (Å²) in [7, 11) is -4.73. The topological polar surface area (TPSA) is 99.5 Å². The molecule has 0 unspecified atom stereocenters. The van der Waals surface area contributed by atoms with E-state index in [-0.39, 0.29) is 24.7 Å². The molecule has 0 fully saturated rings. The number of carbonyl (C=O) groups excluding carboxylic acids is 1. The molecule has 0 saturated heterocycles. The van der Waals surface area contributed by atoms with Crippen molar-refractivity contribution in [2.24, 2.45) is 0 Å². The zero-order chi connectivity index (χ0) is 17.7. The Morgan fingerprint density at radius 1 is 1.39 bits per heavy atom. The number of hydrogen-bond acceptors (Lipinski definition) is 6. The highest BCUT2D eigenvalue weighted by atomic mass is 32.2. The fraction of sp³-hybridized carbons (Fsp3) is 0.692. The van der Waals surface area contributed by atoms with Gasteiger partial charge in [0, 0.05) is 20.9 Å². The predicted octanol–water partition coefficient (Wildman–Crippen LogP) is 1.74. The maximum Gasteiger partial charge on any atom is 0.343 e. The van der Waals surface area contributed by atoms with Gasteiger partial charge in [-0.1, -0.05) is 19.6 Å². The van der Waals surface area contributed by atoms with Crippen molar-refractivity contribution in [1.82, 2.24) is 9.78 Å². The van der Waals surface area contributed by atoms with Gasteiger partial charge in [0.15, 0.2) is 5.82 Å². The zero-order valence-electron chi connectivity index (χ0n) is 14.2. The monoisotopic (exact) mass is 363 g/mol. The molecule has 0 amide bonds. The van der Waals surface area contributed by atoms with Crippen molar-refractivity contribution in [3.05, 3.63) is 11.8 Å². The molecule has 0 aliphatic carbocycles. The minimum absolute atomic E-state index is 0.0558. The number of aromatic nitrogens is 2. The number of esters is 1. The highest BCUT2D eigenvalue weighted by Gasteiger charge is 2.20. The summed E-state index contributed by atoms with van der Waals surface area (Å²) in [5.74, 6) is -0.688. The highest BCUT2D eigenvalue weighted by molar-refractivity contribution is 7.92. The van der Waals surface area contributed by atoms with Crippen LogP contribution < -0.4 is 4.72 Å². The van der Waals surface area contributed by atoms with Crippen LogP contribution in [0, 0.1) is 0 Å². The van der Waals surface area contributed by atoms with E-state index in [0.717, 1.165) is 12.3 Å². The van der Waals surface area contributed by atoms with Gasteiger partial charge in [0.1, 0.15) is 12.3 Å². The van der Waals surface area contributed by atoms with Gasteiger partial charge in [0.25, 0.3) is 0 Å². The smallest absolute Gasteiger partial charge is 0.343 e. The van der Waals surface area contributed by atoms with Crippen LogP contribution in [0.1, 0.15) is 17.3 Å². The first-order valence-corrected chi connectivity index (χ1v) is 12.9. The number of hydrogen-bond donors (Lipinski definition) is 1. The van der Waals surface area contributed by atoms with Gasteiger partial charge >= 0.3 is 5.97 Å². The number of carbonyl (C=O) groups is 1. The molecule has 1 aromatic heterocycles. The van der Waals surface area contributed by atoms with Crippen LogP contribution in [-0.4, -0.2) is 51.7 Å². The van der Waals surface area contributed by atoms with E-state index in [1.807, 2.05) is 0 Å². The van der Waals surface area contributed by atoms with Gasteiger partial charge in [0.05, 0.1) is 12.9 Å². The number of anilines is 1. The molecule has 1 rings (SSSR count). The number of nitrogens with zero attached hydrogens (tertiary/aromatic N) is 2. The first kappa shape index (κ1) is 19.7. The van der Waals surface area contributed by atoms with Crippen molar-refractivity contribution in [1.29, 1.82) is 0 Å². The molecule has 0 atom stereocenters. The molecule has 23 heavy (non-hydrogen) atoms. The third-order valence-electron chi connectivity index (χ3n) is 2.76. The van der Waals surface area contributed by atoms with Crippen molar-refractivity contribution < 1.29 is 22.7 Å². The summed E-state index contributed by atoms with van der Waals surface area (Å²) < 4.78 is 36.8. The normalized spacial score (nSPS) is 12.2. The minimum atomic E-state index is -3.55. The van der Waals surface area contributed by atoms with Crippen LogP contribution in [0.2, 0.25) is 25.7 Å².